The third-order valence-corrected chi connectivity index (χ3v) is 2.89. The molecule has 0 aromatic carbocycles. The average molecular weight is 271 g/mol. The van der Waals surface area contributed by atoms with Gasteiger partial charge in [0.25, 0.3) is 11.6 Å². The molecule has 1 aromatic rings. The second kappa shape index (κ2) is 5.28. The predicted octanol–water partition coefficient (Wildman–Crippen LogP) is 0.735. The minimum atomic E-state index is -0.648. The molecule has 2 heterocycles. The van der Waals surface area contributed by atoms with Crippen LogP contribution in [0.2, 0.25) is 5.15 Å². The summed E-state index contributed by atoms with van der Waals surface area (Å²) in [4.78, 5) is 25.7. The zero-order valence-electron chi connectivity index (χ0n) is 9.35. The van der Waals surface area contributed by atoms with Crippen LogP contribution in [-0.4, -0.2) is 34.9 Å². The molecule has 0 aliphatic carbocycles. The van der Waals surface area contributed by atoms with Crippen molar-refractivity contribution >= 4 is 23.2 Å². The highest BCUT2D eigenvalue weighted by molar-refractivity contribution is 6.29. The number of hydrogen-bond acceptors (Lipinski definition) is 5. The molecule has 0 spiro atoms. The quantitative estimate of drug-likeness (QED) is 0.479. The third kappa shape index (κ3) is 2.74. The highest BCUT2D eigenvalue weighted by Crippen LogP contribution is 2.20. The zero-order valence-corrected chi connectivity index (χ0v) is 10.1. The molecule has 0 saturated carbocycles. The first kappa shape index (κ1) is 12.7. The van der Waals surface area contributed by atoms with E-state index in [0.29, 0.717) is 6.54 Å². The number of rotatable bonds is 3. The summed E-state index contributed by atoms with van der Waals surface area (Å²) in [5.74, 6) is -0.500. The normalized spacial score (nSPS) is 18.6. The molecular weight excluding hydrogens is 260 g/mol. The van der Waals surface area contributed by atoms with Crippen molar-refractivity contribution in [2.24, 2.45) is 0 Å². The molecule has 1 fully saturated rings. The summed E-state index contributed by atoms with van der Waals surface area (Å²) in [6.07, 6.45) is 1.79. The standard InChI is InChI=1S/C10H11ClN4O3/c11-9-3-7(8(5-13-9)15(17)18)10(16)14-6-1-2-12-4-6/h3,5-6,12H,1-2,4H2,(H,14,16)/t6-/m1/s1. The van der Waals surface area contributed by atoms with E-state index in [1.165, 1.54) is 6.07 Å². The van der Waals surface area contributed by atoms with Crippen LogP contribution >= 0.6 is 11.6 Å². The first-order valence-electron chi connectivity index (χ1n) is 5.39. The summed E-state index contributed by atoms with van der Waals surface area (Å²) >= 11 is 5.66. The van der Waals surface area contributed by atoms with Gasteiger partial charge in [-0.3, -0.25) is 14.9 Å². The molecule has 0 unspecified atom stereocenters. The van der Waals surface area contributed by atoms with Crippen LogP contribution in [0.5, 0.6) is 0 Å². The van der Waals surface area contributed by atoms with Crippen molar-refractivity contribution in [3.63, 3.8) is 0 Å². The molecule has 8 heteroatoms. The van der Waals surface area contributed by atoms with Crippen molar-refractivity contribution < 1.29 is 9.72 Å². The molecule has 1 saturated heterocycles. The lowest BCUT2D eigenvalue weighted by Crippen LogP contribution is -2.36. The lowest BCUT2D eigenvalue weighted by Gasteiger charge is -2.11. The number of pyridine rings is 1. The SMILES string of the molecule is O=C(N[C@@H]1CCNC1)c1cc(Cl)ncc1[N+](=O)[O-]. The van der Waals surface area contributed by atoms with E-state index >= 15 is 0 Å². The van der Waals surface area contributed by atoms with E-state index in [1.807, 2.05) is 0 Å². The van der Waals surface area contributed by atoms with Crippen molar-refractivity contribution in [3.05, 3.63) is 33.1 Å². The van der Waals surface area contributed by atoms with E-state index in [4.69, 9.17) is 11.6 Å². The first-order valence-corrected chi connectivity index (χ1v) is 5.77. The van der Waals surface area contributed by atoms with Crippen molar-refractivity contribution in [2.75, 3.05) is 13.1 Å². The van der Waals surface area contributed by atoms with Gasteiger partial charge in [0.05, 0.1) is 4.92 Å². The van der Waals surface area contributed by atoms with E-state index in [0.717, 1.165) is 19.2 Å². The van der Waals surface area contributed by atoms with Gasteiger partial charge >= 0.3 is 0 Å². The summed E-state index contributed by atoms with van der Waals surface area (Å²) < 4.78 is 0. The predicted molar refractivity (Wildman–Crippen MR) is 64.6 cm³/mol. The average Bonchev–Trinajstić information content (AvgIpc) is 2.81. The number of carbonyl (C=O) groups excluding carboxylic acids is 1. The zero-order chi connectivity index (χ0) is 13.1. The van der Waals surface area contributed by atoms with E-state index in [1.54, 1.807) is 0 Å². The maximum atomic E-state index is 11.9. The number of nitro groups is 1. The lowest BCUT2D eigenvalue weighted by atomic mass is 10.2. The summed E-state index contributed by atoms with van der Waals surface area (Å²) in [5, 5.41) is 16.7. The second-order valence-electron chi connectivity index (χ2n) is 3.94. The molecule has 1 amide bonds. The van der Waals surface area contributed by atoms with E-state index in [2.05, 4.69) is 15.6 Å². The van der Waals surface area contributed by atoms with Gasteiger partial charge in [0, 0.05) is 12.6 Å². The minimum Gasteiger partial charge on any atom is -0.348 e. The number of amides is 1. The molecule has 2 rings (SSSR count). The Morgan fingerprint density at radius 2 is 2.44 bits per heavy atom. The van der Waals surface area contributed by atoms with Gasteiger partial charge in [-0.25, -0.2) is 4.98 Å². The molecule has 0 radical (unpaired) electrons. The van der Waals surface area contributed by atoms with Crippen LogP contribution < -0.4 is 10.6 Å². The van der Waals surface area contributed by atoms with Crippen molar-refractivity contribution in [2.45, 2.75) is 12.5 Å². The summed E-state index contributed by atoms with van der Waals surface area (Å²) in [7, 11) is 0. The van der Waals surface area contributed by atoms with Crippen LogP contribution in [0, 0.1) is 10.1 Å². The van der Waals surface area contributed by atoms with Gasteiger partial charge in [0.1, 0.15) is 16.9 Å². The van der Waals surface area contributed by atoms with E-state index in [-0.39, 0.29) is 22.4 Å². The van der Waals surface area contributed by atoms with Crippen LogP contribution in [0.25, 0.3) is 0 Å². The Balaban J connectivity index is 2.22. The number of halogens is 1. The fraction of sp³-hybridized carbons (Fsp3) is 0.400. The van der Waals surface area contributed by atoms with Crippen molar-refractivity contribution in [1.82, 2.24) is 15.6 Å². The fourth-order valence-electron chi connectivity index (χ4n) is 1.79. The Hall–Kier alpha value is -1.73. The number of carbonyl (C=O) groups is 1. The highest BCUT2D eigenvalue weighted by atomic mass is 35.5. The Kier molecular flexibility index (Phi) is 3.73. The minimum absolute atomic E-state index is 0.0101. The molecule has 1 aromatic heterocycles. The first-order chi connectivity index (χ1) is 8.58. The van der Waals surface area contributed by atoms with Crippen LogP contribution in [0.4, 0.5) is 5.69 Å². The summed E-state index contributed by atoms with van der Waals surface area (Å²) in [6, 6.07) is 1.20. The van der Waals surface area contributed by atoms with Gasteiger partial charge in [-0.15, -0.1) is 0 Å². The molecule has 1 aliphatic heterocycles. The van der Waals surface area contributed by atoms with Gasteiger partial charge in [-0.2, -0.15) is 0 Å². The largest absolute Gasteiger partial charge is 0.348 e. The summed E-state index contributed by atoms with van der Waals surface area (Å²) in [6.45, 7) is 1.49. The Bertz CT molecular complexity index is 488. The summed E-state index contributed by atoms with van der Waals surface area (Å²) in [5.41, 5.74) is -0.408. The monoisotopic (exact) mass is 270 g/mol. The molecule has 2 N–H and O–H groups in total. The molecular formula is C10H11ClN4O3. The number of hydrogen-bond donors (Lipinski definition) is 2. The van der Waals surface area contributed by atoms with E-state index in [9.17, 15) is 14.9 Å². The molecule has 7 nitrogen and oxygen atoms in total. The Morgan fingerprint density at radius 1 is 1.67 bits per heavy atom. The molecule has 1 atom stereocenters. The topological polar surface area (TPSA) is 97.2 Å². The third-order valence-electron chi connectivity index (χ3n) is 2.69. The number of aromatic nitrogens is 1. The van der Waals surface area contributed by atoms with Crippen LogP contribution in [0.15, 0.2) is 12.3 Å². The highest BCUT2D eigenvalue weighted by Gasteiger charge is 2.24. The lowest BCUT2D eigenvalue weighted by molar-refractivity contribution is -0.385. The number of nitrogens with zero attached hydrogens (tertiary/aromatic N) is 2. The Morgan fingerprint density at radius 3 is 3.06 bits per heavy atom. The van der Waals surface area contributed by atoms with Gasteiger partial charge in [-0.1, -0.05) is 11.6 Å². The molecule has 0 bridgehead atoms. The van der Waals surface area contributed by atoms with Gasteiger partial charge in [0.15, 0.2) is 0 Å². The maximum Gasteiger partial charge on any atom is 0.300 e. The smallest absolute Gasteiger partial charge is 0.300 e. The van der Waals surface area contributed by atoms with Crippen LogP contribution in [0.1, 0.15) is 16.8 Å². The fourth-order valence-corrected chi connectivity index (χ4v) is 1.95. The Labute approximate surface area is 108 Å². The van der Waals surface area contributed by atoms with Gasteiger partial charge in [0.2, 0.25) is 0 Å². The van der Waals surface area contributed by atoms with Crippen LogP contribution in [0.3, 0.4) is 0 Å². The van der Waals surface area contributed by atoms with Gasteiger partial charge < -0.3 is 10.6 Å². The molecule has 1 aliphatic rings. The number of nitrogens with one attached hydrogen (secondary N) is 2. The second-order valence-corrected chi connectivity index (χ2v) is 4.33. The van der Waals surface area contributed by atoms with Crippen molar-refractivity contribution in [1.29, 1.82) is 0 Å². The molecule has 96 valence electrons. The molecule has 18 heavy (non-hydrogen) atoms. The van der Waals surface area contributed by atoms with E-state index < -0.39 is 10.8 Å². The maximum absolute atomic E-state index is 11.9. The van der Waals surface area contributed by atoms with Crippen molar-refractivity contribution in [3.8, 4) is 0 Å². The van der Waals surface area contributed by atoms with Gasteiger partial charge in [-0.05, 0) is 19.0 Å². The van der Waals surface area contributed by atoms with Crippen LogP contribution in [-0.2, 0) is 0 Å².